The number of hydrogen-bond donors (Lipinski definition) is 0. The second-order valence-corrected chi connectivity index (χ2v) is 6.51. The third-order valence-corrected chi connectivity index (χ3v) is 4.83. The van der Waals surface area contributed by atoms with Crippen LogP contribution in [0.4, 0.5) is 0 Å². The van der Waals surface area contributed by atoms with Gasteiger partial charge in [-0.2, -0.15) is 0 Å². The van der Waals surface area contributed by atoms with E-state index in [0.29, 0.717) is 50.1 Å². The van der Waals surface area contributed by atoms with Crippen molar-refractivity contribution in [3.05, 3.63) is 39.9 Å². The summed E-state index contributed by atoms with van der Waals surface area (Å²) in [4.78, 5) is 12.8. The molecule has 0 heterocycles. The lowest BCUT2D eigenvalue weighted by molar-refractivity contribution is 0.104. The summed E-state index contributed by atoms with van der Waals surface area (Å²) in [5, 5.41) is 0. The number of hydrogen-bond acceptors (Lipinski definition) is 7. The van der Waals surface area contributed by atoms with Crippen molar-refractivity contribution in [2.45, 2.75) is 0 Å². The molecule has 0 aliphatic carbocycles. The van der Waals surface area contributed by atoms with Crippen LogP contribution in [0.3, 0.4) is 0 Å². The minimum absolute atomic E-state index is 0.242. The van der Waals surface area contributed by atoms with Gasteiger partial charge in [-0.3, -0.25) is 4.79 Å². The van der Waals surface area contributed by atoms with Gasteiger partial charge in [0, 0.05) is 15.6 Å². The summed E-state index contributed by atoms with van der Waals surface area (Å²) < 4.78 is 32.7. The number of allylic oxidation sites excluding steroid dienone is 1. The van der Waals surface area contributed by atoms with Gasteiger partial charge in [-0.25, -0.2) is 0 Å². The molecule has 0 radical (unpaired) electrons. The highest BCUT2D eigenvalue weighted by atomic mass is 79.9. The smallest absolute Gasteiger partial charge is 0.207 e. The summed E-state index contributed by atoms with van der Waals surface area (Å²) in [5.74, 6) is 2.37. The highest BCUT2D eigenvalue weighted by Crippen LogP contribution is 2.47. The fourth-order valence-electron chi connectivity index (χ4n) is 2.78. The summed E-state index contributed by atoms with van der Waals surface area (Å²) in [6.07, 6.45) is 3.05. The average molecular weight is 467 g/mol. The summed E-state index contributed by atoms with van der Waals surface area (Å²) in [6.45, 7) is 0. The van der Waals surface area contributed by atoms with Crippen LogP contribution in [0.5, 0.6) is 34.5 Å². The summed E-state index contributed by atoms with van der Waals surface area (Å²) in [7, 11) is 9.07. The zero-order valence-electron chi connectivity index (χ0n) is 17.1. The lowest BCUT2D eigenvalue weighted by Gasteiger charge is -2.17. The monoisotopic (exact) mass is 466 g/mol. The Morgan fingerprint density at radius 3 is 1.79 bits per heavy atom. The molecule has 2 aromatic rings. The van der Waals surface area contributed by atoms with Gasteiger partial charge in [0.05, 0.1) is 42.7 Å². The first-order valence-corrected chi connectivity index (χ1v) is 9.25. The van der Waals surface area contributed by atoms with Crippen molar-refractivity contribution in [3.8, 4) is 34.5 Å². The number of carbonyl (C=O) groups is 1. The van der Waals surface area contributed by atoms with Crippen molar-refractivity contribution in [2.75, 3.05) is 42.7 Å². The molecule has 0 unspecified atom stereocenters. The SMILES string of the molecule is COc1cc(Br)c(C(=O)/C=C/c2cc(OC)c(OC)c(OC)c2OC)cc1OC. The maximum atomic E-state index is 12.8. The number of halogens is 1. The van der Waals surface area contributed by atoms with Gasteiger partial charge in [-0.05, 0) is 46.3 Å². The topological polar surface area (TPSA) is 72.5 Å². The molecule has 2 rings (SSSR count). The molecular weight excluding hydrogens is 444 g/mol. The van der Waals surface area contributed by atoms with E-state index in [0.717, 1.165) is 0 Å². The Labute approximate surface area is 178 Å². The molecule has 0 N–H and O–H groups in total. The first-order chi connectivity index (χ1) is 13.9. The summed E-state index contributed by atoms with van der Waals surface area (Å²) >= 11 is 3.40. The number of carbonyl (C=O) groups excluding carboxylic acids is 1. The zero-order valence-corrected chi connectivity index (χ0v) is 18.7. The summed E-state index contributed by atoms with van der Waals surface area (Å²) in [5.41, 5.74) is 1.01. The van der Waals surface area contributed by atoms with Crippen LogP contribution in [0.1, 0.15) is 15.9 Å². The standard InChI is InChI=1S/C21H23BrO7/c1-24-16-10-13(14(22)11-17(16)25-2)15(23)8-7-12-9-18(26-3)20(28-5)21(29-6)19(12)27-4/h7-11H,1-6H3/b8-7+. The molecule has 0 aromatic heterocycles. The number of rotatable bonds is 9. The number of ketones is 1. The van der Waals surface area contributed by atoms with E-state index in [4.69, 9.17) is 28.4 Å². The highest BCUT2D eigenvalue weighted by Gasteiger charge is 2.21. The highest BCUT2D eigenvalue weighted by molar-refractivity contribution is 9.10. The molecule has 8 heteroatoms. The predicted molar refractivity (Wildman–Crippen MR) is 113 cm³/mol. The average Bonchev–Trinajstić information content (AvgIpc) is 2.75. The summed E-state index contributed by atoms with van der Waals surface area (Å²) in [6, 6.07) is 5.00. The Bertz CT molecular complexity index is 922. The van der Waals surface area contributed by atoms with Gasteiger partial charge in [0.1, 0.15) is 0 Å². The van der Waals surface area contributed by atoms with Gasteiger partial charge in [-0.1, -0.05) is 0 Å². The zero-order chi connectivity index (χ0) is 21.6. The van der Waals surface area contributed by atoms with E-state index in [1.807, 2.05) is 0 Å². The van der Waals surface area contributed by atoms with Gasteiger partial charge in [0.25, 0.3) is 0 Å². The van der Waals surface area contributed by atoms with Crippen molar-refractivity contribution in [2.24, 2.45) is 0 Å². The lowest BCUT2D eigenvalue weighted by atomic mass is 10.1. The Hall–Kier alpha value is -2.87. The van der Waals surface area contributed by atoms with Gasteiger partial charge in [0.15, 0.2) is 28.8 Å². The van der Waals surface area contributed by atoms with E-state index < -0.39 is 0 Å². The van der Waals surface area contributed by atoms with Crippen LogP contribution in [-0.4, -0.2) is 48.4 Å². The van der Waals surface area contributed by atoms with Crippen LogP contribution >= 0.6 is 15.9 Å². The van der Waals surface area contributed by atoms with E-state index >= 15 is 0 Å². The van der Waals surface area contributed by atoms with Gasteiger partial charge in [-0.15, -0.1) is 0 Å². The largest absolute Gasteiger partial charge is 0.493 e. The molecule has 0 aliphatic heterocycles. The van der Waals surface area contributed by atoms with Crippen LogP contribution in [0, 0.1) is 0 Å². The number of ether oxygens (including phenoxy) is 6. The number of benzene rings is 2. The van der Waals surface area contributed by atoms with Gasteiger partial charge >= 0.3 is 0 Å². The predicted octanol–water partition coefficient (Wildman–Crippen LogP) is 4.40. The molecule has 7 nitrogen and oxygen atoms in total. The van der Waals surface area contributed by atoms with Crippen LogP contribution in [0.15, 0.2) is 28.7 Å². The van der Waals surface area contributed by atoms with Crippen molar-refractivity contribution in [1.82, 2.24) is 0 Å². The molecular formula is C21H23BrO7. The molecule has 156 valence electrons. The van der Waals surface area contributed by atoms with E-state index in [1.165, 1.54) is 48.7 Å². The van der Waals surface area contributed by atoms with Crippen LogP contribution in [0.25, 0.3) is 6.08 Å². The molecule has 2 aromatic carbocycles. The second kappa shape index (κ2) is 10.1. The minimum atomic E-state index is -0.242. The van der Waals surface area contributed by atoms with Crippen LogP contribution in [-0.2, 0) is 0 Å². The van der Waals surface area contributed by atoms with E-state index in [-0.39, 0.29) is 5.78 Å². The van der Waals surface area contributed by atoms with Crippen molar-refractivity contribution in [3.63, 3.8) is 0 Å². The third kappa shape index (κ3) is 4.59. The van der Waals surface area contributed by atoms with E-state index in [2.05, 4.69) is 15.9 Å². The van der Waals surface area contributed by atoms with Gasteiger partial charge in [0.2, 0.25) is 11.5 Å². The normalized spacial score (nSPS) is 10.6. The molecule has 0 fully saturated rings. The Balaban J connectivity index is 2.50. The first-order valence-electron chi connectivity index (χ1n) is 8.46. The lowest BCUT2D eigenvalue weighted by Crippen LogP contribution is -2.01. The van der Waals surface area contributed by atoms with E-state index in [9.17, 15) is 4.79 Å². The Morgan fingerprint density at radius 1 is 0.724 bits per heavy atom. The molecule has 0 saturated carbocycles. The third-order valence-electron chi connectivity index (χ3n) is 4.17. The minimum Gasteiger partial charge on any atom is -0.493 e. The second-order valence-electron chi connectivity index (χ2n) is 5.65. The molecule has 29 heavy (non-hydrogen) atoms. The van der Waals surface area contributed by atoms with Gasteiger partial charge < -0.3 is 28.4 Å². The fourth-order valence-corrected chi connectivity index (χ4v) is 3.30. The maximum absolute atomic E-state index is 12.8. The van der Waals surface area contributed by atoms with Crippen molar-refractivity contribution >= 4 is 27.8 Å². The van der Waals surface area contributed by atoms with Crippen LogP contribution < -0.4 is 28.4 Å². The molecule has 0 saturated heterocycles. The molecule has 0 atom stereocenters. The molecule has 0 bridgehead atoms. The Morgan fingerprint density at radius 2 is 1.28 bits per heavy atom. The van der Waals surface area contributed by atoms with Crippen LogP contribution in [0.2, 0.25) is 0 Å². The fraction of sp³-hybridized carbons (Fsp3) is 0.286. The quantitative estimate of drug-likeness (QED) is 0.400. The molecule has 0 aliphatic rings. The molecule has 0 amide bonds. The van der Waals surface area contributed by atoms with Crippen molar-refractivity contribution in [1.29, 1.82) is 0 Å². The molecule has 0 spiro atoms. The van der Waals surface area contributed by atoms with E-state index in [1.54, 1.807) is 24.3 Å². The number of methoxy groups -OCH3 is 6. The maximum Gasteiger partial charge on any atom is 0.207 e. The Kier molecular flexibility index (Phi) is 7.78. The first kappa shape index (κ1) is 22.4. The van der Waals surface area contributed by atoms with Crippen molar-refractivity contribution < 1.29 is 33.2 Å².